The fraction of sp³-hybridized carbons (Fsp3) is 0.280. The number of benzene rings is 2. The summed E-state index contributed by atoms with van der Waals surface area (Å²) in [6.07, 6.45) is 0. The van der Waals surface area contributed by atoms with Gasteiger partial charge in [0.15, 0.2) is 0 Å². The van der Waals surface area contributed by atoms with Crippen molar-refractivity contribution in [1.82, 2.24) is 9.97 Å². The predicted octanol–water partition coefficient (Wildman–Crippen LogP) is 5.37. The summed E-state index contributed by atoms with van der Waals surface area (Å²) < 4.78 is 4.95. The van der Waals surface area contributed by atoms with Crippen molar-refractivity contribution in [3.8, 4) is 5.75 Å². The van der Waals surface area contributed by atoms with Crippen LogP contribution in [0.25, 0.3) is 21.8 Å². The fourth-order valence-electron chi connectivity index (χ4n) is 4.71. The van der Waals surface area contributed by atoms with Gasteiger partial charge in [-0.3, -0.25) is 14.9 Å². The molecule has 1 amide bonds. The second-order valence-corrected chi connectivity index (χ2v) is 8.48. The molecule has 0 spiro atoms. The van der Waals surface area contributed by atoms with E-state index in [4.69, 9.17) is 16.3 Å². The summed E-state index contributed by atoms with van der Waals surface area (Å²) in [6, 6.07) is 7.33. The van der Waals surface area contributed by atoms with Gasteiger partial charge in [-0.1, -0.05) is 13.8 Å². The lowest BCUT2D eigenvalue weighted by molar-refractivity contribution is -0.384. The second kappa shape index (κ2) is 9.54. The summed E-state index contributed by atoms with van der Waals surface area (Å²) in [7, 11) is 1.28. The minimum Gasteiger partial charge on any atom is -0.506 e. The van der Waals surface area contributed by atoms with Gasteiger partial charge >= 0.3 is 5.97 Å². The number of alkyl halides is 1. The van der Waals surface area contributed by atoms with Gasteiger partial charge in [0.1, 0.15) is 11.4 Å². The average Bonchev–Trinajstić information content (AvgIpc) is 3.56. The number of anilines is 1. The lowest BCUT2D eigenvalue weighted by Crippen LogP contribution is -2.30. The molecule has 188 valence electrons. The van der Waals surface area contributed by atoms with Crippen LogP contribution in [0.5, 0.6) is 5.75 Å². The number of nitro groups is 1. The number of hydrogen-bond acceptors (Lipinski definition) is 6. The maximum absolute atomic E-state index is 13.5. The molecule has 5 rings (SSSR count). The molecule has 3 N–H and O–H groups in total. The number of nitro benzene ring substituents is 1. The van der Waals surface area contributed by atoms with Crippen LogP contribution in [0.2, 0.25) is 0 Å². The highest BCUT2D eigenvalue weighted by Gasteiger charge is 2.38. The number of aromatic amines is 2. The largest absolute Gasteiger partial charge is 0.506 e. The Hall–Kier alpha value is -4.05. The highest BCUT2D eigenvalue weighted by atomic mass is 35.5. The van der Waals surface area contributed by atoms with Crippen LogP contribution in [0.15, 0.2) is 30.3 Å². The number of fused-ring (bicyclic) bond motifs is 4. The molecule has 0 radical (unpaired) electrons. The minimum absolute atomic E-state index is 0.0790. The Kier molecular flexibility index (Phi) is 6.64. The van der Waals surface area contributed by atoms with E-state index in [1.807, 2.05) is 13.8 Å². The van der Waals surface area contributed by atoms with Crippen LogP contribution in [-0.2, 0) is 4.74 Å². The number of carbonyl (C=O) groups excluding carboxylic acids is 2. The number of amides is 1. The van der Waals surface area contributed by atoms with E-state index in [0.717, 1.165) is 0 Å². The van der Waals surface area contributed by atoms with E-state index in [1.165, 1.54) is 30.2 Å². The van der Waals surface area contributed by atoms with Crippen molar-refractivity contribution in [3.63, 3.8) is 0 Å². The van der Waals surface area contributed by atoms with Crippen LogP contribution in [0, 0.1) is 17.0 Å². The van der Waals surface area contributed by atoms with Gasteiger partial charge in [0.2, 0.25) is 0 Å². The van der Waals surface area contributed by atoms with Crippen molar-refractivity contribution >= 4 is 56.7 Å². The number of aryl methyl sites for hydroxylation is 1. The molecule has 0 saturated heterocycles. The molecule has 4 aromatic rings. The number of carbonyl (C=O) groups is 2. The van der Waals surface area contributed by atoms with Crippen LogP contribution >= 0.6 is 11.6 Å². The third-order valence-corrected chi connectivity index (χ3v) is 6.60. The smallest absolute Gasteiger partial charge is 0.340 e. The van der Waals surface area contributed by atoms with E-state index in [2.05, 4.69) is 9.97 Å². The number of methoxy groups -OCH3 is 1. The van der Waals surface area contributed by atoms with Gasteiger partial charge in [0.05, 0.1) is 28.8 Å². The number of aromatic nitrogens is 2. The van der Waals surface area contributed by atoms with E-state index in [1.54, 1.807) is 19.1 Å². The molecule has 0 bridgehead atoms. The third kappa shape index (κ3) is 3.83. The van der Waals surface area contributed by atoms with Gasteiger partial charge in [0, 0.05) is 58.5 Å². The average molecular weight is 513 g/mol. The molecule has 2 aromatic carbocycles. The Morgan fingerprint density at radius 1 is 1.25 bits per heavy atom. The van der Waals surface area contributed by atoms with Crippen molar-refractivity contribution in [1.29, 1.82) is 0 Å². The number of nitrogens with zero attached hydrogens (tertiary/aromatic N) is 2. The Labute approximate surface area is 211 Å². The Balaban J connectivity index is 0.00000148. The molecule has 1 aliphatic heterocycles. The number of hydrogen-bond donors (Lipinski definition) is 3. The Morgan fingerprint density at radius 3 is 2.61 bits per heavy atom. The summed E-state index contributed by atoms with van der Waals surface area (Å²) in [5.74, 6) is -1.19. The normalized spacial score (nSPS) is 14.5. The number of esters is 1. The van der Waals surface area contributed by atoms with E-state index >= 15 is 0 Å². The molecule has 10 nitrogen and oxygen atoms in total. The number of phenolic OH excluding ortho intramolecular Hbond substituents is 1. The van der Waals surface area contributed by atoms with Gasteiger partial charge in [-0.05, 0) is 24.6 Å². The number of ether oxygens (including phenoxy) is 1. The van der Waals surface area contributed by atoms with E-state index in [-0.39, 0.29) is 41.0 Å². The Morgan fingerprint density at radius 2 is 1.97 bits per heavy atom. The standard InChI is InChI=1S/C23H19ClN4O6.C2H6/c1-10-18(23(31)34-2)20-19-12(8-24)9-27(16(19)7-17(29)21(20)25-10)22(30)15-6-11-5-13(28(32)33)3-4-14(11)26-15;1-2/h3-7,12,25-26,29H,8-9H2,1-2H3;1-2H3/t12-;/m1./s1. The first-order valence-electron chi connectivity index (χ1n) is 11.4. The van der Waals surface area contributed by atoms with Gasteiger partial charge in [-0.25, -0.2) is 4.79 Å². The van der Waals surface area contributed by atoms with E-state index in [9.17, 15) is 24.8 Å². The molecule has 3 heterocycles. The van der Waals surface area contributed by atoms with Crippen molar-refractivity contribution < 1.29 is 24.4 Å². The molecule has 1 aliphatic rings. The fourth-order valence-corrected chi connectivity index (χ4v) is 4.96. The number of halogens is 1. The second-order valence-electron chi connectivity index (χ2n) is 8.17. The molecule has 0 fully saturated rings. The van der Waals surface area contributed by atoms with Gasteiger partial charge in [0.25, 0.3) is 11.6 Å². The zero-order valence-corrected chi connectivity index (χ0v) is 20.9. The van der Waals surface area contributed by atoms with Gasteiger partial charge < -0.3 is 24.7 Å². The van der Waals surface area contributed by atoms with Crippen molar-refractivity contribution in [2.24, 2.45) is 0 Å². The molecule has 2 aromatic heterocycles. The number of rotatable bonds is 4. The molecule has 0 unspecified atom stereocenters. The SMILES string of the molecule is CC.COC(=O)c1c(C)[nH]c2c(O)cc3c(c12)[C@H](CCl)CN3C(=O)c1cc2cc([N+](=O)[O-])ccc2[nH]1. The topological polar surface area (TPSA) is 142 Å². The lowest BCUT2D eigenvalue weighted by Gasteiger charge is -2.17. The summed E-state index contributed by atoms with van der Waals surface area (Å²) in [6.45, 7) is 5.94. The molecule has 11 heteroatoms. The molecule has 1 atom stereocenters. The van der Waals surface area contributed by atoms with Crippen molar-refractivity contribution in [2.45, 2.75) is 26.7 Å². The molecule has 0 aliphatic carbocycles. The molecular weight excluding hydrogens is 488 g/mol. The first kappa shape index (κ1) is 25.1. The quantitative estimate of drug-likeness (QED) is 0.145. The number of non-ortho nitro benzene ring substituents is 1. The predicted molar refractivity (Wildman–Crippen MR) is 137 cm³/mol. The summed E-state index contributed by atoms with van der Waals surface area (Å²) in [5.41, 5.74) is 3.03. The number of aromatic hydroxyl groups is 1. The zero-order valence-electron chi connectivity index (χ0n) is 20.1. The van der Waals surface area contributed by atoms with Crippen molar-refractivity contribution in [3.05, 3.63) is 63.0 Å². The Bertz CT molecular complexity index is 1520. The molecule has 36 heavy (non-hydrogen) atoms. The van der Waals surface area contributed by atoms with Crippen LogP contribution in [0.1, 0.15) is 51.9 Å². The van der Waals surface area contributed by atoms with Crippen LogP contribution in [0.4, 0.5) is 11.4 Å². The summed E-state index contributed by atoms with van der Waals surface area (Å²) >= 11 is 6.28. The van der Waals surface area contributed by atoms with Crippen LogP contribution < -0.4 is 4.90 Å². The van der Waals surface area contributed by atoms with E-state index in [0.29, 0.717) is 38.8 Å². The summed E-state index contributed by atoms with van der Waals surface area (Å²) in [5, 5.41) is 22.8. The van der Waals surface area contributed by atoms with Crippen LogP contribution in [0.3, 0.4) is 0 Å². The highest BCUT2D eigenvalue weighted by Crippen LogP contribution is 2.47. The third-order valence-electron chi connectivity index (χ3n) is 6.23. The first-order valence-corrected chi connectivity index (χ1v) is 11.9. The molecular formula is C25H25ClN4O6. The first-order chi connectivity index (χ1) is 17.2. The monoisotopic (exact) mass is 512 g/mol. The highest BCUT2D eigenvalue weighted by molar-refractivity contribution is 6.20. The summed E-state index contributed by atoms with van der Waals surface area (Å²) in [4.78, 5) is 44.2. The lowest BCUT2D eigenvalue weighted by atomic mass is 9.95. The van der Waals surface area contributed by atoms with Gasteiger partial charge in [-0.2, -0.15) is 0 Å². The maximum atomic E-state index is 13.5. The van der Waals surface area contributed by atoms with E-state index < -0.39 is 16.8 Å². The van der Waals surface area contributed by atoms with Crippen LogP contribution in [-0.4, -0.2) is 51.4 Å². The number of H-pyrrole nitrogens is 2. The maximum Gasteiger partial charge on any atom is 0.340 e. The van der Waals surface area contributed by atoms with Crippen molar-refractivity contribution in [2.75, 3.05) is 24.4 Å². The minimum atomic E-state index is -0.563. The number of nitrogens with one attached hydrogen (secondary N) is 2. The zero-order chi connectivity index (χ0) is 26.3. The van der Waals surface area contributed by atoms with Gasteiger partial charge in [-0.15, -0.1) is 11.6 Å². The number of phenols is 1. The molecule has 0 saturated carbocycles.